The van der Waals surface area contributed by atoms with Crippen LogP contribution >= 0.6 is 22.7 Å². The Balaban J connectivity index is 1.55. The summed E-state index contributed by atoms with van der Waals surface area (Å²) in [5, 5.41) is 5.57. The predicted molar refractivity (Wildman–Crippen MR) is 117 cm³/mol. The first-order chi connectivity index (χ1) is 13.9. The maximum absolute atomic E-state index is 13.1. The number of piperidine rings is 1. The monoisotopic (exact) mass is 447 g/mol. The van der Waals surface area contributed by atoms with Crippen LogP contribution in [0.4, 0.5) is 5.69 Å². The van der Waals surface area contributed by atoms with E-state index in [1.165, 1.54) is 11.3 Å². The van der Waals surface area contributed by atoms with Gasteiger partial charge in [-0.1, -0.05) is 18.6 Å². The van der Waals surface area contributed by atoms with Gasteiger partial charge in [-0.3, -0.25) is 4.79 Å². The highest BCUT2D eigenvalue weighted by Crippen LogP contribution is 2.30. The molecule has 0 saturated carbocycles. The summed E-state index contributed by atoms with van der Waals surface area (Å²) in [6.45, 7) is 2.87. The van der Waals surface area contributed by atoms with Crippen molar-refractivity contribution in [1.29, 1.82) is 0 Å². The normalized spacial score (nSPS) is 15.3. The highest BCUT2D eigenvalue weighted by atomic mass is 32.2. The third-order valence-corrected chi connectivity index (χ3v) is 8.92. The largest absolute Gasteiger partial charge is 0.321 e. The minimum Gasteiger partial charge on any atom is -0.321 e. The molecule has 1 aromatic carbocycles. The van der Waals surface area contributed by atoms with E-state index in [0.29, 0.717) is 29.2 Å². The molecule has 0 unspecified atom stereocenters. The van der Waals surface area contributed by atoms with Gasteiger partial charge in [-0.25, -0.2) is 13.4 Å². The van der Waals surface area contributed by atoms with Crippen molar-refractivity contribution in [3.8, 4) is 9.88 Å². The Labute approximate surface area is 178 Å². The number of thiazole rings is 1. The van der Waals surface area contributed by atoms with Crippen molar-refractivity contribution in [1.82, 2.24) is 9.29 Å². The van der Waals surface area contributed by atoms with E-state index in [2.05, 4.69) is 10.3 Å². The van der Waals surface area contributed by atoms with E-state index in [0.717, 1.165) is 29.1 Å². The Bertz CT molecular complexity index is 1120. The van der Waals surface area contributed by atoms with Crippen LogP contribution in [0.3, 0.4) is 0 Å². The van der Waals surface area contributed by atoms with Crippen molar-refractivity contribution in [2.24, 2.45) is 0 Å². The van der Waals surface area contributed by atoms with E-state index >= 15 is 0 Å². The summed E-state index contributed by atoms with van der Waals surface area (Å²) in [7, 11) is -3.57. The number of nitrogens with one attached hydrogen (secondary N) is 1. The van der Waals surface area contributed by atoms with Crippen molar-refractivity contribution in [2.45, 2.75) is 31.1 Å². The Kier molecular flexibility index (Phi) is 5.82. The number of thiophene rings is 1. The molecule has 1 fully saturated rings. The van der Waals surface area contributed by atoms with Gasteiger partial charge in [-0.05, 0) is 48.9 Å². The third kappa shape index (κ3) is 4.28. The number of aryl methyl sites for hydroxylation is 1. The first-order valence-corrected chi connectivity index (χ1v) is 12.5. The summed E-state index contributed by atoms with van der Waals surface area (Å²) < 4.78 is 27.7. The average Bonchev–Trinajstić information content (AvgIpc) is 3.42. The molecule has 2 aromatic heterocycles. The van der Waals surface area contributed by atoms with Gasteiger partial charge in [0.1, 0.15) is 9.88 Å². The van der Waals surface area contributed by atoms with Gasteiger partial charge in [0.2, 0.25) is 10.0 Å². The lowest BCUT2D eigenvalue weighted by atomic mass is 10.2. The summed E-state index contributed by atoms with van der Waals surface area (Å²) in [6, 6.07) is 8.92. The van der Waals surface area contributed by atoms with E-state index in [9.17, 15) is 13.2 Å². The van der Waals surface area contributed by atoms with Gasteiger partial charge in [0, 0.05) is 18.8 Å². The molecule has 1 aliphatic rings. The van der Waals surface area contributed by atoms with Gasteiger partial charge in [0.15, 0.2) is 0 Å². The van der Waals surface area contributed by atoms with Crippen molar-refractivity contribution >= 4 is 44.3 Å². The topological polar surface area (TPSA) is 79.4 Å². The van der Waals surface area contributed by atoms with E-state index in [-0.39, 0.29) is 10.8 Å². The van der Waals surface area contributed by atoms with E-state index in [4.69, 9.17) is 0 Å². The Morgan fingerprint density at radius 1 is 1.17 bits per heavy atom. The zero-order valence-corrected chi connectivity index (χ0v) is 18.4. The van der Waals surface area contributed by atoms with Crippen molar-refractivity contribution in [2.75, 3.05) is 18.4 Å². The summed E-state index contributed by atoms with van der Waals surface area (Å²) in [5.74, 6) is -0.296. The molecule has 4 rings (SSSR count). The fraction of sp³-hybridized carbons (Fsp3) is 0.300. The summed E-state index contributed by atoms with van der Waals surface area (Å²) in [6.07, 6.45) is 4.37. The second-order valence-electron chi connectivity index (χ2n) is 6.91. The van der Waals surface area contributed by atoms with Crippen LogP contribution in [-0.2, 0) is 10.0 Å². The summed E-state index contributed by atoms with van der Waals surface area (Å²) in [4.78, 5) is 18.7. The predicted octanol–water partition coefficient (Wildman–Crippen LogP) is 4.61. The molecule has 1 saturated heterocycles. The fourth-order valence-electron chi connectivity index (χ4n) is 3.29. The minimum atomic E-state index is -3.57. The van der Waals surface area contributed by atoms with Gasteiger partial charge in [-0.2, -0.15) is 4.31 Å². The van der Waals surface area contributed by atoms with E-state index in [1.807, 2.05) is 17.5 Å². The van der Waals surface area contributed by atoms with Crippen molar-refractivity contribution in [3.63, 3.8) is 0 Å². The smallest absolute Gasteiger partial charge is 0.267 e. The molecule has 3 heterocycles. The molecule has 1 N–H and O–H groups in total. The molecule has 29 heavy (non-hydrogen) atoms. The van der Waals surface area contributed by atoms with Crippen LogP contribution in [0.15, 0.2) is 46.8 Å². The summed E-state index contributed by atoms with van der Waals surface area (Å²) >= 11 is 2.88. The van der Waals surface area contributed by atoms with Crippen LogP contribution in [0.5, 0.6) is 0 Å². The van der Waals surface area contributed by atoms with E-state index < -0.39 is 10.0 Å². The summed E-state index contributed by atoms with van der Waals surface area (Å²) in [5.41, 5.74) is 1.13. The van der Waals surface area contributed by atoms with Gasteiger partial charge in [0.05, 0.1) is 16.0 Å². The number of rotatable bonds is 5. The van der Waals surface area contributed by atoms with E-state index in [1.54, 1.807) is 47.0 Å². The number of anilines is 1. The number of hydrogen-bond donors (Lipinski definition) is 1. The van der Waals surface area contributed by atoms with Crippen LogP contribution in [-0.4, -0.2) is 36.7 Å². The number of sulfonamides is 1. The third-order valence-electron chi connectivity index (χ3n) is 4.84. The van der Waals surface area contributed by atoms with Crippen LogP contribution in [0.25, 0.3) is 9.88 Å². The maximum Gasteiger partial charge on any atom is 0.267 e. The number of aromatic nitrogens is 1. The lowest BCUT2D eigenvalue weighted by Crippen LogP contribution is -2.36. The molecular weight excluding hydrogens is 426 g/mol. The first kappa shape index (κ1) is 20.2. The van der Waals surface area contributed by atoms with Crippen LogP contribution in [0, 0.1) is 6.92 Å². The first-order valence-electron chi connectivity index (χ1n) is 9.37. The molecule has 0 aliphatic carbocycles. The number of carbonyl (C=O) groups is 1. The zero-order chi connectivity index (χ0) is 20.4. The molecule has 3 aromatic rings. The molecule has 0 radical (unpaired) electrons. The number of nitrogens with zero attached hydrogens (tertiary/aromatic N) is 2. The molecule has 1 amide bonds. The Hall–Kier alpha value is -2.07. The molecule has 0 spiro atoms. The highest BCUT2D eigenvalue weighted by Gasteiger charge is 2.27. The minimum absolute atomic E-state index is 0.251. The zero-order valence-electron chi connectivity index (χ0n) is 15.9. The number of carbonyl (C=O) groups excluding carboxylic acids is 1. The fourth-order valence-corrected chi connectivity index (χ4v) is 6.67. The molecule has 1 aliphatic heterocycles. The quantitative estimate of drug-likeness (QED) is 0.620. The molecular formula is C20H21N3O3S3. The molecule has 152 valence electrons. The van der Waals surface area contributed by atoms with Gasteiger partial charge in [-0.15, -0.1) is 22.7 Å². The second-order valence-corrected chi connectivity index (χ2v) is 10.8. The van der Waals surface area contributed by atoms with Crippen molar-refractivity contribution in [3.05, 3.63) is 52.3 Å². The molecule has 9 heteroatoms. The van der Waals surface area contributed by atoms with Gasteiger partial charge >= 0.3 is 0 Å². The second kappa shape index (κ2) is 8.35. The number of hydrogen-bond acceptors (Lipinski definition) is 6. The van der Waals surface area contributed by atoms with Gasteiger partial charge in [0.25, 0.3) is 5.91 Å². The standard InChI is InChI=1S/C20H21N3O3S3/c1-14-7-8-15(12-18(14)29(25,26)23-9-3-2-4-10-23)22-19(24)17-13-21-20(28-17)16-6-5-11-27-16/h5-8,11-13H,2-4,9-10H2,1H3,(H,22,24). The SMILES string of the molecule is Cc1ccc(NC(=O)c2cnc(-c3cccs3)s2)cc1S(=O)(=O)N1CCCCC1. The Morgan fingerprint density at radius 3 is 2.69 bits per heavy atom. The molecule has 6 nitrogen and oxygen atoms in total. The molecule has 0 bridgehead atoms. The van der Waals surface area contributed by atoms with Crippen molar-refractivity contribution < 1.29 is 13.2 Å². The highest BCUT2D eigenvalue weighted by molar-refractivity contribution is 7.89. The average molecular weight is 448 g/mol. The number of benzene rings is 1. The van der Waals surface area contributed by atoms with Crippen LogP contribution in [0.2, 0.25) is 0 Å². The van der Waals surface area contributed by atoms with Crippen LogP contribution in [0.1, 0.15) is 34.5 Å². The lowest BCUT2D eigenvalue weighted by Gasteiger charge is -2.26. The molecule has 0 atom stereocenters. The van der Waals surface area contributed by atoms with Crippen LogP contribution < -0.4 is 5.32 Å². The maximum atomic E-state index is 13.1. The van der Waals surface area contributed by atoms with Gasteiger partial charge < -0.3 is 5.32 Å². The number of amides is 1. The Morgan fingerprint density at radius 2 is 1.97 bits per heavy atom. The lowest BCUT2D eigenvalue weighted by molar-refractivity contribution is 0.103.